The highest BCUT2D eigenvalue weighted by atomic mass is 19.3. The van der Waals surface area contributed by atoms with Crippen molar-refractivity contribution in [2.24, 2.45) is 5.73 Å². The van der Waals surface area contributed by atoms with Crippen LogP contribution in [0.5, 0.6) is 0 Å². The van der Waals surface area contributed by atoms with Gasteiger partial charge in [-0.15, -0.1) is 0 Å². The Labute approximate surface area is 97.8 Å². The molecule has 0 saturated heterocycles. The molecule has 0 aliphatic carbocycles. The number of alkyl halides is 2. The summed E-state index contributed by atoms with van der Waals surface area (Å²) >= 11 is 0. The SMILES string of the molecule is N[C@@H](CNC(=O)OCc1ccccc1)C(F)F. The molecule has 1 rings (SSSR count). The highest BCUT2D eigenvalue weighted by Crippen LogP contribution is 2.01. The molecule has 0 aromatic heterocycles. The molecule has 0 saturated carbocycles. The van der Waals surface area contributed by atoms with Crippen molar-refractivity contribution < 1.29 is 18.3 Å². The van der Waals surface area contributed by atoms with Crippen molar-refractivity contribution >= 4 is 6.09 Å². The van der Waals surface area contributed by atoms with E-state index < -0.39 is 18.6 Å². The van der Waals surface area contributed by atoms with Crippen LogP contribution in [-0.2, 0) is 11.3 Å². The molecule has 0 fully saturated rings. The first-order valence-electron chi connectivity index (χ1n) is 5.08. The van der Waals surface area contributed by atoms with Gasteiger partial charge in [0.1, 0.15) is 6.61 Å². The lowest BCUT2D eigenvalue weighted by Gasteiger charge is -2.11. The zero-order valence-electron chi connectivity index (χ0n) is 9.11. The molecule has 0 heterocycles. The van der Waals surface area contributed by atoms with E-state index in [-0.39, 0.29) is 13.2 Å². The van der Waals surface area contributed by atoms with Gasteiger partial charge >= 0.3 is 6.09 Å². The summed E-state index contributed by atoms with van der Waals surface area (Å²) in [7, 11) is 0. The lowest BCUT2D eigenvalue weighted by atomic mass is 10.2. The molecule has 4 nitrogen and oxygen atoms in total. The van der Waals surface area contributed by atoms with Gasteiger partial charge in [0.2, 0.25) is 0 Å². The van der Waals surface area contributed by atoms with Gasteiger partial charge in [0, 0.05) is 6.54 Å². The predicted octanol–water partition coefficient (Wildman–Crippen LogP) is 1.51. The molecule has 0 unspecified atom stereocenters. The smallest absolute Gasteiger partial charge is 0.407 e. The zero-order chi connectivity index (χ0) is 12.7. The predicted molar refractivity (Wildman–Crippen MR) is 58.6 cm³/mol. The Morgan fingerprint density at radius 2 is 2.00 bits per heavy atom. The number of benzene rings is 1. The maximum absolute atomic E-state index is 12.0. The molecule has 0 aliphatic rings. The number of nitrogens with one attached hydrogen (secondary N) is 1. The molecular formula is C11H14F2N2O2. The van der Waals surface area contributed by atoms with Crippen LogP contribution in [0.1, 0.15) is 5.56 Å². The third kappa shape index (κ3) is 5.26. The highest BCUT2D eigenvalue weighted by molar-refractivity contribution is 5.67. The number of amides is 1. The molecule has 1 amide bonds. The van der Waals surface area contributed by atoms with Gasteiger partial charge in [-0.05, 0) is 5.56 Å². The molecule has 3 N–H and O–H groups in total. The average molecular weight is 244 g/mol. The number of halogens is 2. The second-order valence-electron chi connectivity index (χ2n) is 3.44. The number of carbonyl (C=O) groups excluding carboxylic acids is 1. The van der Waals surface area contributed by atoms with E-state index >= 15 is 0 Å². The first kappa shape index (κ1) is 13.4. The van der Waals surface area contributed by atoms with Crippen LogP contribution in [0.15, 0.2) is 30.3 Å². The summed E-state index contributed by atoms with van der Waals surface area (Å²) < 4.78 is 28.8. The van der Waals surface area contributed by atoms with E-state index in [0.717, 1.165) is 5.56 Å². The van der Waals surface area contributed by atoms with Gasteiger partial charge in [-0.2, -0.15) is 0 Å². The van der Waals surface area contributed by atoms with E-state index in [9.17, 15) is 13.6 Å². The van der Waals surface area contributed by atoms with E-state index in [1.807, 2.05) is 18.2 Å². The maximum Gasteiger partial charge on any atom is 0.407 e. The molecule has 0 spiro atoms. The van der Waals surface area contributed by atoms with Crippen LogP contribution in [0, 0.1) is 0 Å². The van der Waals surface area contributed by atoms with Crippen molar-refractivity contribution in [3.8, 4) is 0 Å². The van der Waals surface area contributed by atoms with Crippen molar-refractivity contribution in [2.75, 3.05) is 6.54 Å². The number of hydrogen-bond donors (Lipinski definition) is 2. The molecular weight excluding hydrogens is 230 g/mol. The van der Waals surface area contributed by atoms with E-state index in [1.165, 1.54) is 0 Å². The van der Waals surface area contributed by atoms with E-state index in [1.54, 1.807) is 12.1 Å². The van der Waals surface area contributed by atoms with Gasteiger partial charge < -0.3 is 15.8 Å². The molecule has 0 bridgehead atoms. The van der Waals surface area contributed by atoms with Gasteiger partial charge in [-0.1, -0.05) is 30.3 Å². The molecule has 1 aromatic rings. The van der Waals surface area contributed by atoms with Gasteiger partial charge in [-0.25, -0.2) is 13.6 Å². The first-order valence-corrected chi connectivity index (χ1v) is 5.08. The van der Waals surface area contributed by atoms with E-state index in [4.69, 9.17) is 10.5 Å². The van der Waals surface area contributed by atoms with Crippen LogP contribution < -0.4 is 11.1 Å². The van der Waals surface area contributed by atoms with Crippen LogP contribution in [-0.4, -0.2) is 25.1 Å². The fraction of sp³-hybridized carbons (Fsp3) is 0.364. The Hall–Kier alpha value is -1.69. The third-order valence-corrected chi connectivity index (χ3v) is 2.02. The summed E-state index contributed by atoms with van der Waals surface area (Å²) in [4.78, 5) is 11.1. The number of rotatable bonds is 5. The quantitative estimate of drug-likeness (QED) is 0.825. The summed E-state index contributed by atoms with van der Waals surface area (Å²) in [5.74, 6) is 0. The second kappa shape index (κ2) is 6.80. The maximum atomic E-state index is 12.0. The molecule has 0 aliphatic heterocycles. The number of hydrogen-bond acceptors (Lipinski definition) is 3. The zero-order valence-corrected chi connectivity index (χ0v) is 9.11. The van der Waals surface area contributed by atoms with Crippen molar-refractivity contribution in [3.63, 3.8) is 0 Å². The van der Waals surface area contributed by atoms with Crippen molar-refractivity contribution in [1.82, 2.24) is 5.32 Å². The van der Waals surface area contributed by atoms with Crippen LogP contribution in [0.2, 0.25) is 0 Å². The fourth-order valence-corrected chi connectivity index (χ4v) is 1.06. The van der Waals surface area contributed by atoms with E-state index in [0.29, 0.717) is 0 Å². The number of nitrogens with two attached hydrogens (primary N) is 1. The van der Waals surface area contributed by atoms with Gasteiger partial charge in [0.25, 0.3) is 6.43 Å². The van der Waals surface area contributed by atoms with Gasteiger partial charge in [0.15, 0.2) is 0 Å². The molecule has 17 heavy (non-hydrogen) atoms. The molecule has 0 radical (unpaired) electrons. The Kier molecular flexibility index (Phi) is 5.35. The first-order chi connectivity index (χ1) is 8.09. The largest absolute Gasteiger partial charge is 0.445 e. The average Bonchev–Trinajstić information content (AvgIpc) is 2.34. The highest BCUT2D eigenvalue weighted by Gasteiger charge is 2.16. The van der Waals surface area contributed by atoms with Gasteiger partial charge in [-0.3, -0.25) is 0 Å². The number of ether oxygens (including phenoxy) is 1. The number of alkyl carbamates (subject to hydrolysis) is 1. The summed E-state index contributed by atoms with van der Waals surface area (Å²) in [6.07, 6.45) is -3.42. The Bertz CT molecular complexity index is 347. The Morgan fingerprint density at radius 3 is 2.59 bits per heavy atom. The molecule has 1 aromatic carbocycles. The van der Waals surface area contributed by atoms with Crippen molar-refractivity contribution in [2.45, 2.75) is 19.1 Å². The van der Waals surface area contributed by atoms with Crippen LogP contribution in [0.4, 0.5) is 13.6 Å². The lowest BCUT2D eigenvalue weighted by molar-refractivity contribution is 0.108. The second-order valence-corrected chi connectivity index (χ2v) is 3.44. The van der Waals surface area contributed by atoms with Crippen LogP contribution >= 0.6 is 0 Å². The standard InChI is InChI=1S/C11H14F2N2O2/c12-10(13)9(14)6-15-11(16)17-7-8-4-2-1-3-5-8/h1-5,9-10H,6-7,14H2,(H,15,16)/t9-/m0/s1. The summed E-state index contributed by atoms with van der Waals surface area (Å²) in [5, 5.41) is 2.17. The van der Waals surface area contributed by atoms with Crippen LogP contribution in [0.25, 0.3) is 0 Å². The Morgan fingerprint density at radius 1 is 1.35 bits per heavy atom. The molecule has 94 valence electrons. The van der Waals surface area contributed by atoms with Crippen molar-refractivity contribution in [3.05, 3.63) is 35.9 Å². The molecule has 6 heteroatoms. The minimum absolute atomic E-state index is 0.0938. The molecule has 1 atom stereocenters. The summed E-state index contributed by atoms with van der Waals surface area (Å²) in [5.41, 5.74) is 5.87. The minimum Gasteiger partial charge on any atom is -0.445 e. The fourth-order valence-electron chi connectivity index (χ4n) is 1.06. The monoisotopic (exact) mass is 244 g/mol. The number of carbonyl (C=O) groups is 1. The van der Waals surface area contributed by atoms with Crippen LogP contribution in [0.3, 0.4) is 0 Å². The topological polar surface area (TPSA) is 64.3 Å². The van der Waals surface area contributed by atoms with Gasteiger partial charge in [0.05, 0.1) is 6.04 Å². The van der Waals surface area contributed by atoms with E-state index in [2.05, 4.69) is 5.32 Å². The van der Waals surface area contributed by atoms with Crippen molar-refractivity contribution in [1.29, 1.82) is 0 Å². The minimum atomic E-state index is -2.66. The summed E-state index contributed by atoms with van der Waals surface area (Å²) in [6, 6.07) is 7.66. The Balaban J connectivity index is 2.22. The summed E-state index contributed by atoms with van der Waals surface area (Å²) in [6.45, 7) is -0.220. The lowest BCUT2D eigenvalue weighted by Crippen LogP contribution is -2.41. The normalized spacial score (nSPS) is 12.2. The third-order valence-electron chi connectivity index (χ3n) is 2.02.